The first-order chi connectivity index (χ1) is 9.13. The molecule has 1 aliphatic rings. The molecule has 0 bridgehead atoms. The van der Waals surface area contributed by atoms with Gasteiger partial charge >= 0.3 is 0 Å². The molecular weight excluding hydrogens is 245 g/mol. The molecule has 1 aliphatic heterocycles. The zero-order chi connectivity index (χ0) is 13.7. The highest BCUT2D eigenvalue weighted by molar-refractivity contribution is 5.60. The van der Waals surface area contributed by atoms with Crippen LogP contribution in [0.2, 0.25) is 0 Å². The molecule has 0 aromatic heterocycles. The molecule has 104 valence electrons. The Hall–Kier alpha value is -1.26. The van der Waals surface area contributed by atoms with Crippen molar-refractivity contribution >= 4 is 6.29 Å². The van der Waals surface area contributed by atoms with Gasteiger partial charge in [0.2, 0.25) is 0 Å². The zero-order valence-electron chi connectivity index (χ0n) is 11.3. The number of hydrogen-bond acceptors (Lipinski definition) is 3. The van der Waals surface area contributed by atoms with Gasteiger partial charge in [-0.05, 0) is 37.6 Å². The third-order valence-corrected chi connectivity index (χ3v) is 3.53. The fraction of sp³-hybridized carbons (Fsp3) is 0.533. The smallest absolute Gasteiger partial charge is 0.129 e. The van der Waals surface area contributed by atoms with Crippen LogP contribution in [-0.4, -0.2) is 38.0 Å². The molecule has 19 heavy (non-hydrogen) atoms. The molecule has 1 heterocycles. The molecule has 0 amide bonds. The Labute approximate surface area is 113 Å². The van der Waals surface area contributed by atoms with Crippen LogP contribution in [0.25, 0.3) is 0 Å². The van der Waals surface area contributed by atoms with Crippen LogP contribution in [0.4, 0.5) is 4.39 Å². The van der Waals surface area contributed by atoms with E-state index < -0.39 is 5.41 Å². The number of aldehydes is 1. The quantitative estimate of drug-likeness (QED) is 0.765. The number of hydrogen-bond donors (Lipinski definition) is 0. The maximum Gasteiger partial charge on any atom is 0.129 e. The molecule has 1 fully saturated rings. The summed E-state index contributed by atoms with van der Waals surface area (Å²) in [4.78, 5) is 13.4. The third-order valence-electron chi connectivity index (χ3n) is 3.53. The average molecular weight is 265 g/mol. The van der Waals surface area contributed by atoms with E-state index in [1.807, 2.05) is 13.1 Å². The lowest BCUT2D eigenvalue weighted by molar-refractivity contribution is -0.125. The highest BCUT2D eigenvalue weighted by atomic mass is 19.1. The molecule has 0 spiro atoms. The van der Waals surface area contributed by atoms with Gasteiger partial charge in [-0.3, -0.25) is 0 Å². The lowest BCUT2D eigenvalue weighted by Crippen LogP contribution is -2.42. The summed E-state index contributed by atoms with van der Waals surface area (Å²) < 4.78 is 18.6. The van der Waals surface area contributed by atoms with Crippen molar-refractivity contribution in [3.63, 3.8) is 0 Å². The molecule has 0 aliphatic carbocycles. The van der Waals surface area contributed by atoms with Crippen LogP contribution >= 0.6 is 0 Å². The summed E-state index contributed by atoms with van der Waals surface area (Å²) in [5.74, 6) is -0.225. The first kappa shape index (κ1) is 14.2. The van der Waals surface area contributed by atoms with E-state index in [-0.39, 0.29) is 5.82 Å². The molecule has 3 nitrogen and oxygen atoms in total. The number of carbonyl (C=O) groups excluding carboxylic acids is 1. The summed E-state index contributed by atoms with van der Waals surface area (Å²) >= 11 is 0. The second-order valence-corrected chi connectivity index (χ2v) is 5.44. The molecule has 1 saturated heterocycles. The fourth-order valence-electron chi connectivity index (χ4n) is 2.67. The summed E-state index contributed by atoms with van der Waals surface area (Å²) in [5, 5.41) is 0. The van der Waals surface area contributed by atoms with Crippen LogP contribution in [0.15, 0.2) is 24.3 Å². The number of halogens is 1. The second-order valence-electron chi connectivity index (χ2n) is 5.44. The molecule has 0 radical (unpaired) electrons. The van der Waals surface area contributed by atoms with Gasteiger partial charge in [0.25, 0.3) is 0 Å². The van der Waals surface area contributed by atoms with Gasteiger partial charge < -0.3 is 14.4 Å². The molecule has 4 heteroatoms. The SMILES string of the molecule is CN(Cc1cccc(F)c1)CC1(C=O)CCCOC1. The Morgan fingerprint density at radius 1 is 1.53 bits per heavy atom. The van der Waals surface area contributed by atoms with Gasteiger partial charge in [0, 0.05) is 19.7 Å². The maximum atomic E-state index is 13.1. The largest absolute Gasteiger partial charge is 0.380 e. The molecule has 1 unspecified atom stereocenters. The van der Waals surface area contributed by atoms with E-state index in [2.05, 4.69) is 4.90 Å². The first-order valence-corrected chi connectivity index (χ1v) is 6.61. The number of nitrogens with zero attached hydrogens (tertiary/aromatic N) is 1. The van der Waals surface area contributed by atoms with Crippen molar-refractivity contribution in [3.8, 4) is 0 Å². The van der Waals surface area contributed by atoms with Crippen LogP contribution < -0.4 is 0 Å². The van der Waals surface area contributed by atoms with E-state index in [9.17, 15) is 9.18 Å². The topological polar surface area (TPSA) is 29.5 Å². The Morgan fingerprint density at radius 3 is 3.00 bits per heavy atom. The molecule has 1 aromatic carbocycles. The highest BCUT2D eigenvalue weighted by Crippen LogP contribution is 2.27. The van der Waals surface area contributed by atoms with Gasteiger partial charge in [-0.15, -0.1) is 0 Å². The number of carbonyl (C=O) groups is 1. The third kappa shape index (κ3) is 3.85. The van der Waals surface area contributed by atoms with Crippen molar-refractivity contribution in [2.45, 2.75) is 19.4 Å². The average Bonchev–Trinajstić information content (AvgIpc) is 2.39. The van der Waals surface area contributed by atoms with Crippen LogP contribution in [0.5, 0.6) is 0 Å². The van der Waals surface area contributed by atoms with Gasteiger partial charge in [-0.2, -0.15) is 0 Å². The van der Waals surface area contributed by atoms with E-state index in [0.29, 0.717) is 19.7 Å². The Bertz CT molecular complexity index is 430. The predicted molar refractivity (Wildman–Crippen MR) is 71.3 cm³/mol. The van der Waals surface area contributed by atoms with E-state index >= 15 is 0 Å². The minimum absolute atomic E-state index is 0.225. The van der Waals surface area contributed by atoms with Gasteiger partial charge in [0.05, 0.1) is 12.0 Å². The van der Waals surface area contributed by atoms with Crippen molar-refractivity contribution in [1.82, 2.24) is 4.90 Å². The second kappa shape index (κ2) is 6.26. The number of benzene rings is 1. The number of ether oxygens (including phenoxy) is 1. The molecule has 1 aromatic rings. The maximum absolute atomic E-state index is 13.1. The van der Waals surface area contributed by atoms with Crippen LogP contribution in [0.1, 0.15) is 18.4 Å². The normalized spacial score (nSPS) is 23.5. The minimum Gasteiger partial charge on any atom is -0.380 e. The van der Waals surface area contributed by atoms with Gasteiger partial charge in [-0.25, -0.2) is 4.39 Å². The van der Waals surface area contributed by atoms with E-state index in [1.54, 1.807) is 6.07 Å². The molecule has 1 atom stereocenters. The molecule has 0 saturated carbocycles. The lowest BCUT2D eigenvalue weighted by atomic mass is 9.83. The van der Waals surface area contributed by atoms with Gasteiger partial charge in [0.15, 0.2) is 0 Å². The first-order valence-electron chi connectivity index (χ1n) is 6.61. The highest BCUT2D eigenvalue weighted by Gasteiger charge is 2.33. The molecule has 2 rings (SSSR count). The summed E-state index contributed by atoms with van der Waals surface area (Å²) in [6.45, 7) is 2.51. The Balaban J connectivity index is 1.96. The monoisotopic (exact) mass is 265 g/mol. The fourth-order valence-corrected chi connectivity index (χ4v) is 2.67. The Morgan fingerprint density at radius 2 is 2.37 bits per heavy atom. The lowest BCUT2D eigenvalue weighted by Gasteiger charge is -2.35. The predicted octanol–water partition coefficient (Wildman–Crippen LogP) is 2.25. The molecular formula is C15H20FNO2. The number of rotatable bonds is 5. The summed E-state index contributed by atoms with van der Waals surface area (Å²) in [5.41, 5.74) is 0.514. The van der Waals surface area contributed by atoms with Gasteiger partial charge in [-0.1, -0.05) is 12.1 Å². The standard InChI is InChI=1S/C15H20FNO2/c1-17(9-13-4-2-5-14(16)8-13)10-15(11-18)6-3-7-19-12-15/h2,4-5,8,11H,3,6-7,9-10,12H2,1H3. The van der Waals surface area contributed by atoms with Crippen LogP contribution in [-0.2, 0) is 16.1 Å². The van der Waals surface area contributed by atoms with Crippen LogP contribution in [0, 0.1) is 11.2 Å². The molecule has 0 N–H and O–H groups in total. The zero-order valence-corrected chi connectivity index (χ0v) is 11.3. The van der Waals surface area contributed by atoms with Gasteiger partial charge in [0.1, 0.15) is 12.1 Å². The summed E-state index contributed by atoms with van der Waals surface area (Å²) in [6, 6.07) is 6.56. The minimum atomic E-state index is -0.402. The van der Waals surface area contributed by atoms with Crippen LogP contribution in [0.3, 0.4) is 0 Å². The van der Waals surface area contributed by atoms with Crippen molar-refractivity contribution in [2.75, 3.05) is 26.8 Å². The van der Waals surface area contributed by atoms with Crippen molar-refractivity contribution in [3.05, 3.63) is 35.6 Å². The van der Waals surface area contributed by atoms with Crippen molar-refractivity contribution < 1.29 is 13.9 Å². The van der Waals surface area contributed by atoms with E-state index in [4.69, 9.17) is 4.74 Å². The van der Waals surface area contributed by atoms with Crippen molar-refractivity contribution in [2.24, 2.45) is 5.41 Å². The summed E-state index contributed by atoms with van der Waals surface area (Å²) in [6.07, 6.45) is 2.81. The summed E-state index contributed by atoms with van der Waals surface area (Å²) in [7, 11) is 1.95. The van der Waals surface area contributed by atoms with E-state index in [0.717, 1.165) is 31.3 Å². The van der Waals surface area contributed by atoms with Crippen molar-refractivity contribution in [1.29, 1.82) is 0 Å². The Kier molecular flexibility index (Phi) is 4.66. The van der Waals surface area contributed by atoms with E-state index in [1.165, 1.54) is 12.1 Å².